The molecule has 2 rings (SSSR count). The molecule has 0 atom stereocenters. The van der Waals surface area contributed by atoms with Gasteiger partial charge in [0.05, 0.1) is 12.5 Å². The summed E-state index contributed by atoms with van der Waals surface area (Å²) in [6.07, 6.45) is 2.56. The van der Waals surface area contributed by atoms with Crippen LogP contribution in [0.1, 0.15) is 76.6 Å². The van der Waals surface area contributed by atoms with Gasteiger partial charge >= 0.3 is 0 Å². The smallest absolute Gasteiger partial charge is 0.123 e. The molecule has 0 aromatic heterocycles. The van der Waals surface area contributed by atoms with Crippen LogP contribution in [0.5, 0.6) is 5.75 Å². The molecule has 0 fully saturated rings. The van der Waals surface area contributed by atoms with Crippen molar-refractivity contribution < 1.29 is 4.74 Å². The second-order valence-corrected chi connectivity index (χ2v) is 8.58. The van der Waals surface area contributed by atoms with Crippen molar-refractivity contribution >= 4 is 0 Å². The lowest BCUT2D eigenvalue weighted by Gasteiger charge is -2.30. The summed E-state index contributed by atoms with van der Waals surface area (Å²) in [6.45, 7) is 14.1. The maximum atomic E-state index is 9.05. The van der Waals surface area contributed by atoms with Crippen molar-refractivity contribution in [2.24, 2.45) is 0 Å². The Balaban J connectivity index is 2.38. The molecule has 0 heterocycles. The fraction of sp³-hybridized carbons (Fsp3) is 0.480. The van der Waals surface area contributed by atoms with Crippen LogP contribution in [0.4, 0.5) is 0 Å². The van der Waals surface area contributed by atoms with Gasteiger partial charge in [-0.2, -0.15) is 5.26 Å². The van der Waals surface area contributed by atoms with E-state index in [2.05, 4.69) is 65.8 Å². The highest BCUT2D eigenvalue weighted by atomic mass is 16.5. The second-order valence-electron chi connectivity index (χ2n) is 8.58. The lowest BCUT2D eigenvalue weighted by Crippen LogP contribution is -2.21. The standard InChI is InChI=1S/C25H33NO/c1-7-24(3,4)21-13-14-23(22(17-21)25(5,6)8-2)27-18-20-12-10-9-11-19(20)15-16-26/h9-14,17H,7-8,15,18H2,1-6H3. The monoisotopic (exact) mass is 363 g/mol. The summed E-state index contributed by atoms with van der Waals surface area (Å²) in [6, 6.07) is 16.9. The molecule has 0 spiro atoms. The minimum atomic E-state index is 0.0430. The van der Waals surface area contributed by atoms with Crippen molar-refractivity contribution in [2.75, 3.05) is 0 Å². The summed E-state index contributed by atoms with van der Waals surface area (Å²) in [5.74, 6) is 0.948. The molecule has 0 aliphatic carbocycles. The molecule has 0 saturated heterocycles. The largest absolute Gasteiger partial charge is 0.489 e. The lowest BCUT2D eigenvalue weighted by atomic mass is 9.76. The van der Waals surface area contributed by atoms with E-state index in [1.807, 2.05) is 24.3 Å². The third-order valence-electron chi connectivity index (χ3n) is 6.03. The van der Waals surface area contributed by atoms with Gasteiger partial charge in [-0.05, 0) is 46.4 Å². The summed E-state index contributed by atoms with van der Waals surface area (Å²) in [5, 5.41) is 9.05. The Morgan fingerprint density at radius 1 is 0.889 bits per heavy atom. The van der Waals surface area contributed by atoms with E-state index in [9.17, 15) is 0 Å². The Morgan fingerprint density at radius 2 is 1.52 bits per heavy atom. The van der Waals surface area contributed by atoms with Gasteiger partial charge in [0.1, 0.15) is 12.4 Å². The van der Waals surface area contributed by atoms with Gasteiger partial charge in [0.15, 0.2) is 0 Å². The summed E-state index contributed by atoms with van der Waals surface area (Å²) < 4.78 is 6.29. The van der Waals surface area contributed by atoms with Gasteiger partial charge in [-0.1, -0.05) is 77.9 Å². The summed E-state index contributed by atoms with van der Waals surface area (Å²) in [5.41, 5.74) is 4.94. The maximum Gasteiger partial charge on any atom is 0.123 e. The maximum absolute atomic E-state index is 9.05. The van der Waals surface area contributed by atoms with Crippen molar-refractivity contribution in [2.45, 2.75) is 78.2 Å². The summed E-state index contributed by atoms with van der Waals surface area (Å²) >= 11 is 0. The van der Waals surface area contributed by atoms with Crippen LogP contribution in [0, 0.1) is 11.3 Å². The van der Waals surface area contributed by atoms with Crippen LogP contribution in [-0.2, 0) is 23.9 Å². The Labute approximate surface area is 165 Å². The first-order valence-corrected chi connectivity index (χ1v) is 9.96. The molecule has 27 heavy (non-hydrogen) atoms. The molecular formula is C25H33NO. The minimum Gasteiger partial charge on any atom is -0.489 e. The lowest BCUT2D eigenvalue weighted by molar-refractivity contribution is 0.294. The Hall–Kier alpha value is -2.27. The molecular weight excluding hydrogens is 330 g/mol. The average molecular weight is 364 g/mol. The number of ether oxygens (including phenoxy) is 1. The highest BCUT2D eigenvalue weighted by molar-refractivity contribution is 5.44. The van der Waals surface area contributed by atoms with E-state index in [0.29, 0.717) is 13.0 Å². The van der Waals surface area contributed by atoms with E-state index in [-0.39, 0.29) is 10.8 Å². The number of nitriles is 1. The average Bonchev–Trinajstić information content (AvgIpc) is 2.67. The van der Waals surface area contributed by atoms with Gasteiger partial charge < -0.3 is 4.74 Å². The molecule has 0 aliphatic rings. The van der Waals surface area contributed by atoms with Gasteiger partial charge in [0.25, 0.3) is 0 Å². The fourth-order valence-electron chi connectivity index (χ4n) is 3.11. The van der Waals surface area contributed by atoms with E-state index < -0.39 is 0 Å². The number of nitrogens with zero attached hydrogens (tertiary/aromatic N) is 1. The van der Waals surface area contributed by atoms with Gasteiger partial charge in [-0.15, -0.1) is 0 Å². The molecule has 0 radical (unpaired) electrons. The zero-order chi connectivity index (χ0) is 20.1. The SMILES string of the molecule is CCC(C)(C)c1ccc(OCc2ccccc2CC#N)c(C(C)(C)CC)c1. The number of hydrogen-bond acceptors (Lipinski definition) is 2. The first-order chi connectivity index (χ1) is 12.7. The summed E-state index contributed by atoms with van der Waals surface area (Å²) in [4.78, 5) is 0. The van der Waals surface area contributed by atoms with Gasteiger partial charge in [0, 0.05) is 5.56 Å². The van der Waals surface area contributed by atoms with Crippen molar-refractivity contribution in [3.8, 4) is 11.8 Å². The fourth-order valence-corrected chi connectivity index (χ4v) is 3.11. The van der Waals surface area contributed by atoms with Crippen LogP contribution >= 0.6 is 0 Å². The Bertz CT molecular complexity index is 811. The molecule has 2 aromatic carbocycles. The molecule has 144 valence electrons. The topological polar surface area (TPSA) is 33.0 Å². The van der Waals surface area contributed by atoms with E-state index in [1.54, 1.807) is 0 Å². The third-order valence-corrected chi connectivity index (χ3v) is 6.03. The van der Waals surface area contributed by atoms with Crippen molar-refractivity contribution in [1.29, 1.82) is 5.26 Å². The Morgan fingerprint density at radius 3 is 2.11 bits per heavy atom. The van der Waals surface area contributed by atoms with Crippen LogP contribution in [0.25, 0.3) is 0 Å². The number of rotatable bonds is 8. The molecule has 0 N–H and O–H groups in total. The zero-order valence-corrected chi connectivity index (χ0v) is 17.7. The molecule has 0 aliphatic heterocycles. The molecule has 2 heteroatoms. The van der Waals surface area contributed by atoms with Gasteiger partial charge in [0.2, 0.25) is 0 Å². The highest BCUT2D eigenvalue weighted by Gasteiger charge is 2.26. The molecule has 0 bridgehead atoms. The van der Waals surface area contributed by atoms with E-state index >= 15 is 0 Å². The molecule has 2 aromatic rings. The minimum absolute atomic E-state index is 0.0430. The summed E-state index contributed by atoms with van der Waals surface area (Å²) in [7, 11) is 0. The van der Waals surface area contributed by atoms with Crippen molar-refractivity contribution in [3.63, 3.8) is 0 Å². The van der Waals surface area contributed by atoms with Crippen molar-refractivity contribution in [3.05, 3.63) is 64.7 Å². The predicted octanol–water partition coefficient (Wildman–Crippen LogP) is 6.71. The quantitative estimate of drug-likeness (QED) is 0.522. The van der Waals surface area contributed by atoms with Crippen LogP contribution in [0.2, 0.25) is 0 Å². The molecule has 2 nitrogen and oxygen atoms in total. The number of benzene rings is 2. The number of hydrogen-bond donors (Lipinski definition) is 0. The second kappa shape index (κ2) is 8.61. The van der Waals surface area contributed by atoms with Crippen molar-refractivity contribution in [1.82, 2.24) is 0 Å². The van der Waals surface area contributed by atoms with E-state index in [1.165, 1.54) is 11.1 Å². The van der Waals surface area contributed by atoms with Crippen LogP contribution in [-0.4, -0.2) is 0 Å². The molecule has 0 unspecified atom stereocenters. The molecule has 0 saturated carbocycles. The van der Waals surface area contributed by atoms with E-state index in [0.717, 1.165) is 29.7 Å². The van der Waals surface area contributed by atoms with Crippen LogP contribution < -0.4 is 4.74 Å². The normalized spacial score (nSPS) is 11.9. The Kier molecular flexibility index (Phi) is 6.71. The van der Waals surface area contributed by atoms with Crippen LogP contribution in [0.3, 0.4) is 0 Å². The third kappa shape index (κ3) is 4.92. The first-order valence-electron chi connectivity index (χ1n) is 9.96. The van der Waals surface area contributed by atoms with Gasteiger partial charge in [-0.3, -0.25) is 0 Å². The molecule has 0 amide bonds. The first kappa shape index (κ1) is 21.0. The van der Waals surface area contributed by atoms with Crippen LogP contribution in [0.15, 0.2) is 42.5 Å². The van der Waals surface area contributed by atoms with Gasteiger partial charge in [-0.25, -0.2) is 0 Å². The highest BCUT2D eigenvalue weighted by Crippen LogP contribution is 2.38. The zero-order valence-electron chi connectivity index (χ0n) is 17.7. The predicted molar refractivity (Wildman–Crippen MR) is 113 cm³/mol. The van der Waals surface area contributed by atoms with E-state index in [4.69, 9.17) is 10.00 Å².